The third-order valence-corrected chi connectivity index (χ3v) is 18.8. The van der Waals surface area contributed by atoms with Gasteiger partial charge in [0.2, 0.25) is 11.9 Å². The van der Waals surface area contributed by atoms with Crippen molar-refractivity contribution in [3.8, 4) is 33.4 Å². The second-order valence-corrected chi connectivity index (χ2v) is 27.0. The molecule has 14 rings (SSSR count). The third-order valence-electron chi connectivity index (χ3n) is 14.7. The van der Waals surface area contributed by atoms with Gasteiger partial charge >= 0.3 is 19.1 Å². The number of aryl methyl sites for hydroxylation is 3. The Morgan fingerprint density at radius 1 is 0.604 bits per heavy atom. The van der Waals surface area contributed by atoms with Crippen LogP contribution in [-0.4, -0.2) is 109 Å². The largest absolute Gasteiger partial charge is 0.490 e. The zero-order chi connectivity index (χ0) is 69.2. The molecule has 2 fully saturated rings. The van der Waals surface area contributed by atoms with E-state index in [9.17, 15) is 23.5 Å². The first kappa shape index (κ1) is 75.9. The molecular weight excluding hydrogens is 1740 g/mol. The summed E-state index contributed by atoms with van der Waals surface area (Å²) < 4.78 is 33.9. The second kappa shape index (κ2) is 36.9. The molecule has 96 heavy (non-hydrogen) atoms. The van der Waals surface area contributed by atoms with Crippen molar-refractivity contribution in [2.75, 3.05) is 22.9 Å². The van der Waals surface area contributed by atoms with Crippen LogP contribution in [0.1, 0.15) is 55.7 Å². The Morgan fingerprint density at radius 2 is 1.02 bits per heavy atom. The monoisotopic (exact) mass is 1800 g/mol. The van der Waals surface area contributed by atoms with Gasteiger partial charge in [0.25, 0.3) is 0 Å². The van der Waals surface area contributed by atoms with Gasteiger partial charge in [0.15, 0.2) is 0 Å². The van der Waals surface area contributed by atoms with Crippen molar-refractivity contribution in [2.45, 2.75) is 63.9 Å². The third kappa shape index (κ3) is 20.9. The predicted molar refractivity (Wildman–Crippen MR) is 400 cm³/mol. The number of hydrogen-bond acceptors (Lipinski definition) is 15. The number of rotatable bonds is 12. The van der Waals surface area contributed by atoms with E-state index in [2.05, 4.69) is 121 Å². The first-order chi connectivity index (χ1) is 46.2. The Bertz CT molecular complexity index is 4620. The molecule has 6 aromatic carbocycles. The summed E-state index contributed by atoms with van der Waals surface area (Å²) >= 11 is 29.3. The summed E-state index contributed by atoms with van der Waals surface area (Å²) in [7, 11) is 2.17. The van der Waals surface area contributed by atoms with Gasteiger partial charge in [0, 0.05) is 107 Å². The van der Waals surface area contributed by atoms with E-state index in [-0.39, 0.29) is 42.6 Å². The number of aliphatic carboxylic acids is 2. The fourth-order valence-electron chi connectivity index (χ4n) is 10.1. The van der Waals surface area contributed by atoms with Gasteiger partial charge in [-0.25, -0.2) is 34.7 Å². The number of alkyl halides is 2. The molecule has 0 bridgehead atoms. The van der Waals surface area contributed by atoms with Gasteiger partial charge in [-0.15, -0.1) is 34.0 Å². The van der Waals surface area contributed by atoms with Gasteiger partial charge in [0.05, 0.1) is 45.7 Å². The Balaban J connectivity index is 0.000000181. The summed E-state index contributed by atoms with van der Waals surface area (Å²) in [5.41, 5.74) is 15.4. The van der Waals surface area contributed by atoms with E-state index in [1.807, 2.05) is 110 Å². The summed E-state index contributed by atoms with van der Waals surface area (Å²) in [4.78, 5) is 50.6. The van der Waals surface area contributed by atoms with Gasteiger partial charge < -0.3 is 30.5 Å². The van der Waals surface area contributed by atoms with Gasteiger partial charge in [-0.3, -0.25) is 4.79 Å². The Morgan fingerprint density at radius 3 is 1.33 bits per heavy atom. The molecule has 6 aromatic heterocycles. The van der Waals surface area contributed by atoms with Crippen molar-refractivity contribution in [3.63, 3.8) is 0 Å². The quantitative estimate of drug-likeness (QED) is 0.0334. The van der Waals surface area contributed by atoms with Crippen molar-refractivity contribution in [1.82, 2.24) is 35.2 Å². The molecule has 8 heterocycles. The molecule has 5 N–H and O–H groups in total. The first-order valence-corrected chi connectivity index (χ1v) is 36.0. The van der Waals surface area contributed by atoms with Crippen LogP contribution in [0, 0.1) is 63.8 Å². The summed E-state index contributed by atoms with van der Waals surface area (Å²) in [6.45, 7) is 7.66. The maximum absolute atomic E-state index is 13.0. The smallest absolute Gasteiger partial charge is 0.480 e. The number of nitrogens with zero attached hydrogens (tertiary/aromatic N) is 7. The van der Waals surface area contributed by atoms with Gasteiger partial charge in [-0.1, -0.05) is 128 Å². The molecule has 2 saturated heterocycles. The van der Waals surface area contributed by atoms with Gasteiger partial charge in [-0.05, 0) is 195 Å². The Labute approximate surface area is 630 Å². The van der Waals surface area contributed by atoms with Crippen molar-refractivity contribution in [1.29, 1.82) is 1.34 Å². The number of fused-ring (bicyclic) bond motifs is 3. The van der Waals surface area contributed by atoms with Crippen LogP contribution in [0.4, 0.5) is 14.6 Å². The average Bonchev–Trinajstić information content (AvgIpc) is 1.81. The van der Waals surface area contributed by atoms with Gasteiger partial charge in [-0.2, -0.15) is 8.78 Å². The summed E-state index contributed by atoms with van der Waals surface area (Å²) in [6.07, 6.45) is 7.36. The van der Waals surface area contributed by atoms with E-state index in [1.165, 1.54) is 28.0 Å². The van der Waals surface area contributed by atoms with Crippen molar-refractivity contribution in [2.24, 2.45) is 0 Å². The van der Waals surface area contributed by atoms with E-state index >= 15 is 0 Å². The zero-order valence-electron chi connectivity index (χ0n) is 53.0. The molecular formula is C69H61B2BrCl3F2IN8O6S3U. The number of carboxylic acids is 2. The number of hydrogen-bond donors (Lipinski definition) is 5. The minimum atomic E-state index is -1.58. The molecule has 0 spiro atoms. The first-order valence-electron chi connectivity index (χ1n) is 29.7. The Hall–Kier alpha value is -5.82. The van der Waals surface area contributed by atoms with E-state index in [1.54, 1.807) is 46.3 Å². The normalized spacial score (nSPS) is 13.4. The molecule has 0 aliphatic carbocycles. The van der Waals surface area contributed by atoms with Crippen LogP contribution in [0.5, 0.6) is 0 Å². The number of carboxylic acid groups (broad SMARTS) is 2. The number of carbonyl (C=O) groups is 2. The number of pyridine rings is 3. The standard InChI is InChI=1S/C24H20ClN3O2S.C20H14ClFN2S.C15H11BrClNS.C5H5BFNO2.C4H7NO2.CH3I.BH.U/c1-14-27-23-19(17-3-2-4-18(25)12-17)10-16(11-21(23)31-14)9-15-5-6-22(26-13-15)28-8-7-20(28)24(29)30;1-12-24-20-17(15-3-2-4-16(21)10-15)8-14(9-18(20)25-12)7-13-5-6-19(22)23-11-13;1-9-18-15-13(11-3-2-4-12(17)7-11)5-10(8-16)6-14(15)19-9;7-5-2-1-4(3-8-5)6(9)10;6-4(7)3-1-2-5-3;1-2;;/h2-6,10-13,20H,7-9H2,1H3,(H,29,30);2-6,8-11H,7H2,1H3;2-7H,8H2,1H3;1-3,9-10H;3,5H,1-2H2,(H,6,7);1H3;1H;/t20-;;;;3-;;;/m0...0.../s1/i;;;;;;1D;. The number of nitrogens with one attached hydrogen (secondary N) is 1. The van der Waals surface area contributed by atoms with Crippen molar-refractivity contribution in [3.05, 3.63) is 234 Å². The van der Waals surface area contributed by atoms with Crippen molar-refractivity contribution >= 4 is 177 Å². The Kier molecular flexibility index (Phi) is 29.2. The average molecular weight is 1810 g/mol. The van der Waals surface area contributed by atoms with Crippen molar-refractivity contribution < 1.29 is 69.7 Å². The van der Waals surface area contributed by atoms with Crippen LogP contribution < -0.4 is 15.7 Å². The number of anilines is 1. The van der Waals surface area contributed by atoms with Gasteiger partial charge in [0.1, 0.15) is 17.9 Å². The molecule has 2 aliphatic rings. The molecule has 490 valence electrons. The SMILES string of the molecule is CI.Cc1nc2c(-c3cccc(Cl)c3)cc(CBr)cc2s1.Cc1nc2c(-c3cccc(Cl)c3)cc(Cc3ccc(F)nc3)cc2s1.Cc1nc2c(-c3cccc(Cl)c3)cc(Cc3ccc(N4CC[C@H]4C(=O)O)nc3)cc2s1.O=C(O)[C@@H]1CCN1.OB(O)c1ccc(F)nc1.[2H][B].[U]. The zero-order valence-corrected chi connectivity index (χ0v) is 64.6. The summed E-state index contributed by atoms with van der Waals surface area (Å²) in [5.74, 6) is -1.90. The fourth-order valence-corrected chi connectivity index (χ4v) is 13.8. The molecule has 14 nitrogen and oxygen atoms in total. The number of aromatic nitrogens is 6. The van der Waals surface area contributed by atoms with Crippen LogP contribution in [0.25, 0.3) is 64.0 Å². The second-order valence-electron chi connectivity index (χ2n) is 21.5. The van der Waals surface area contributed by atoms with Crippen LogP contribution >= 0.6 is 107 Å². The molecule has 0 saturated carbocycles. The van der Waals surface area contributed by atoms with E-state index in [4.69, 9.17) is 61.3 Å². The molecule has 12 aromatic rings. The van der Waals surface area contributed by atoms with E-state index in [0.717, 1.165) is 145 Å². The maximum atomic E-state index is 13.0. The minimum Gasteiger partial charge on any atom is -0.480 e. The topological polar surface area (TPSA) is 208 Å². The molecule has 2 aliphatic heterocycles. The number of thiazole rings is 3. The summed E-state index contributed by atoms with van der Waals surface area (Å²) in [5, 5.41) is 43.3. The predicted octanol–water partition coefficient (Wildman–Crippen LogP) is 16.2. The molecule has 2 atom stereocenters. The number of halogens is 7. The van der Waals surface area contributed by atoms with E-state index < -0.39 is 37.0 Å². The molecule has 0 unspecified atom stereocenters. The summed E-state index contributed by atoms with van der Waals surface area (Å²) in [6, 6.07) is 45.3. The van der Waals surface area contributed by atoms with Crippen LogP contribution in [0.2, 0.25) is 15.1 Å². The number of benzene rings is 6. The maximum Gasteiger partial charge on any atom is 0.490 e. The molecule has 2 radical (unpaired) electrons. The van der Waals surface area contributed by atoms with Crippen LogP contribution in [0.15, 0.2) is 164 Å². The van der Waals surface area contributed by atoms with E-state index in [0.29, 0.717) is 22.9 Å². The molecule has 0 amide bonds. The van der Waals surface area contributed by atoms with Crippen LogP contribution in [0.3, 0.4) is 0 Å². The van der Waals surface area contributed by atoms with Crippen LogP contribution in [-0.2, 0) is 27.8 Å². The fraction of sp³-hybridized carbons (Fsp3) is 0.188. The minimum absolute atomic E-state index is 0. The molecule has 27 heteroatoms.